The number of halogens is 1. The molecule has 1 atom stereocenters. The monoisotopic (exact) mass is 371 g/mol. The lowest BCUT2D eigenvalue weighted by molar-refractivity contribution is 0.190. The van der Waals surface area contributed by atoms with Gasteiger partial charge in [0, 0.05) is 38.4 Å². The molecule has 0 saturated carbocycles. The number of carbonyl (C=O) groups excluding carboxylic acids is 1. The second-order valence-electron chi connectivity index (χ2n) is 6.94. The maximum Gasteiger partial charge on any atom is 0.325 e. The quantitative estimate of drug-likeness (QED) is 0.771. The lowest BCUT2D eigenvalue weighted by atomic mass is 10.1. The summed E-state index contributed by atoms with van der Waals surface area (Å²) in [5.41, 5.74) is 1.13. The average molecular weight is 371 g/mol. The van der Waals surface area contributed by atoms with E-state index in [0.717, 1.165) is 5.82 Å². The van der Waals surface area contributed by atoms with Gasteiger partial charge in [-0.3, -0.25) is 4.90 Å². The smallest absolute Gasteiger partial charge is 0.325 e. The average Bonchev–Trinajstić information content (AvgIpc) is 2.70. The molecule has 0 spiro atoms. The molecular weight excluding hydrogens is 349 g/mol. The fraction of sp³-hybridized carbons (Fsp3) is 0.421. The molecule has 8 heteroatoms. The largest absolute Gasteiger partial charge is 0.489 e. The number of amides is 2. The van der Waals surface area contributed by atoms with Crippen LogP contribution in [0, 0.1) is 12.7 Å². The Morgan fingerprint density at radius 2 is 2.04 bits per heavy atom. The summed E-state index contributed by atoms with van der Waals surface area (Å²) < 4.78 is 19.5. The first-order chi connectivity index (χ1) is 13.0. The summed E-state index contributed by atoms with van der Waals surface area (Å²) in [4.78, 5) is 18.9. The van der Waals surface area contributed by atoms with E-state index in [4.69, 9.17) is 4.74 Å². The standard InChI is InChI=1S/C19H22FN5O2/c1-13-10-16-17(11-15(13)20)27-12-14(2)25(16)19(26)24-8-6-23(7-9-24)18-4-3-5-21-22-18/h3-5,10-11,14H,6-9,12H2,1-2H3. The van der Waals surface area contributed by atoms with Gasteiger partial charge in [0.1, 0.15) is 18.2 Å². The van der Waals surface area contributed by atoms with Crippen molar-refractivity contribution in [1.29, 1.82) is 0 Å². The van der Waals surface area contributed by atoms with Gasteiger partial charge in [-0.2, -0.15) is 5.10 Å². The molecule has 3 heterocycles. The van der Waals surface area contributed by atoms with Gasteiger partial charge < -0.3 is 14.5 Å². The molecule has 0 bridgehead atoms. The van der Waals surface area contributed by atoms with Gasteiger partial charge in [0.2, 0.25) is 0 Å². The lowest BCUT2D eigenvalue weighted by Crippen LogP contribution is -2.56. The van der Waals surface area contributed by atoms with Crippen LogP contribution >= 0.6 is 0 Å². The fourth-order valence-electron chi connectivity index (χ4n) is 3.51. The zero-order chi connectivity index (χ0) is 19.0. The highest BCUT2D eigenvalue weighted by molar-refractivity contribution is 5.95. The van der Waals surface area contributed by atoms with E-state index in [0.29, 0.717) is 49.8 Å². The van der Waals surface area contributed by atoms with E-state index in [-0.39, 0.29) is 17.9 Å². The molecule has 27 heavy (non-hydrogen) atoms. The highest BCUT2D eigenvalue weighted by Gasteiger charge is 2.34. The zero-order valence-electron chi connectivity index (χ0n) is 15.4. The minimum absolute atomic E-state index is 0.0724. The molecule has 2 aliphatic heterocycles. The predicted molar refractivity (Wildman–Crippen MR) is 99.8 cm³/mol. The summed E-state index contributed by atoms with van der Waals surface area (Å²) in [6, 6.07) is 6.64. The van der Waals surface area contributed by atoms with Gasteiger partial charge in [0.05, 0.1) is 11.7 Å². The topological polar surface area (TPSA) is 61.8 Å². The normalized spacial score (nSPS) is 19.5. The summed E-state index contributed by atoms with van der Waals surface area (Å²) in [6.07, 6.45) is 1.64. The Hall–Kier alpha value is -2.90. The van der Waals surface area contributed by atoms with Crippen LogP contribution in [0.5, 0.6) is 5.75 Å². The van der Waals surface area contributed by atoms with Crippen LogP contribution < -0.4 is 14.5 Å². The fourth-order valence-corrected chi connectivity index (χ4v) is 3.51. The molecule has 1 aromatic carbocycles. The van der Waals surface area contributed by atoms with Crippen molar-refractivity contribution in [3.8, 4) is 5.75 Å². The molecule has 2 amide bonds. The molecule has 1 aromatic heterocycles. The lowest BCUT2D eigenvalue weighted by Gasteiger charge is -2.41. The molecule has 1 saturated heterocycles. The van der Waals surface area contributed by atoms with E-state index in [1.54, 1.807) is 24.1 Å². The maximum atomic E-state index is 13.9. The second-order valence-corrected chi connectivity index (χ2v) is 6.94. The van der Waals surface area contributed by atoms with Crippen LogP contribution in [0.2, 0.25) is 0 Å². The first kappa shape index (κ1) is 17.5. The number of benzene rings is 1. The number of hydrogen-bond acceptors (Lipinski definition) is 5. The van der Waals surface area contributed by atoms with Crippen molar-refractivity contribution in [1.82, 2.24) is 15.1 Å². The summed E-state index contributed by atoms with van der Waals surface area (Å²) >= 11 is 0. The van der Waals surface area contributed by atoms with E-state index >= 15 is 0 Å². The molecular formula is C19H22FN5O2. The molecule has 2 aromatic rings. The Kier molecular flexibility index (Phi) is 4.55. The van der Waals surface area contributed by atoms with E-state index in [1.807, 2.05) is 24.0 Å². The minimum atomic E-state index is -0.326. The number of rotatable bonds is 1. The first-order valence-corrected chi connectivity index (χ1v) is 9.08. The van der Waals surface area contributed by atoms with Crippen LogP contribution in [0.15, 0.2) is 30.5 Å². The number of aromatic nitrogens is 2. The van der Waals surface area contributed by atoms with Crippen molar-refractivity contribution in [2.45, 2.75) is 19.9 Å². The van der Waals surface area contributed by atoms with Crippen LogP contribution in [0.25, 0.3) is 0 Å². The third-order valence-corrected chi connectivity index (χ3v) is 5.06. The van der Waals surface area contributed by atoms with Crippen molar-refractivity contribution in [2.75, 3.05) is 42.6 Å². The van der Waals surface area contributed by atoms with Gasteiger partial charge in [0.25, 0.3) is 0 Å². The number of nitrogens with zero attached hydrogens (tertiary/aromatic N) is 5. The predicted octanol–water partition coefficient (Wildman–Crippen LogP) is 2.45. The summed E-state index contributed by atoms with van der Waals surface area (Å²) in [5.74, 6) is 0.914. The summed E-state index contributed by atoms with van der Waals surface area (Å²) in [5, 5.41) is 8.04. The summed E-state index contributed by atoms with van der Waals surface area (Å²) in [6.45, 7) is 6.55. The number of carbonyl (C=O) groups is 1. The third kappa shape index (κ3) is 3.27. The van der Waals surface area contributed by atoms with Crippen LogP contribution in [0.1, 0.15) is 12.5 Å². The van der Waals surface area contributed by atoms with Crippen molar-refractivity contribution in [3.05, 3.63) is 41.8 Å². The molecule has 0 radical (unpaired) electrons. The van der Waals surface area contributed by atoms with Crippen molar-refractivity contribution in [2.24, 2.45) is 0 Å². The van der Waals surface area contributed by atoms with E-state index < -0.39 is 0 Å². The van der Waals surface area contributed by atoms with Crippen LogP contribution in [0.4, 0.5) is 20.7 Å². The first-order valence-electron chi connectivity index (χ1n) is 9.08. The van der Waals surface area contributed by atoms with Gasteiger partial charge in [-0.15, -0.1) is 5.10 Å². The van der Waals surface area contributed by atoms with Gasteiger partial charge in [0.15, 0.2) is 5.82 Å². The maximum absolute atomic E-state index is 13.9. The Labute approximate surface area is 157 Å². The van der Waals surface area contributed by atoms with Crippen molar-refractivity contribution < 1.29 is 13.9 Å². The number of urea groups is 1. The van der Waals surface area contributed by atoms with Gasteiger partial charge in [-0.05, 0) is 37.6 Å². The van der Waals surface area contributed by atoms with Crippen LogP contribution in [-0.2, 0) is 0 Å². The second kappa shape index (κ2) is 7.02. The molecule has 0 N–H and O–H groups in total. The van der Waals surface area contributed by atoms with Gasteiger partial charge in [-0.1, -0.05) is 0 Å². The molecule has 1 fully saturated rings. The number of ether oxygens (including phenoxy) is 1. The van der Waals surface area contributed by atoms with Gasteiger partial charge in [-0.25, -0.2) is 9.18 Å². The van der Waals surface area contributed by atoms with E-state index in [2.05, 4.69) is 15.1 Å². The Morgan fingerprint density at radius 3 is 2.74 bits per heavy atom. The van der Waals surface area contributed by atoms with Gasteiger partial charge >= 0.3 is 6.03 Å². The highest BCUT2D eigenvalue weighted by Crippen LogP contribution is 2.36. The van der Waals surface area contributed by atoms with Crippen LogP contribution in [-0.4, -0.2) is 60.0 Å². The molecule has 7 nitrogen and oxygen atoms in total. The van der Waals surface area contributed by atoms with Crippen molar-refractivity contribution in [3.63, 3.8) is 0 Å². The number of fused-ring (bicyclic) bond motifs is 1. The highest BCUT2D eigenvalue weighted by atomic mass is 19.1. The Balaban J connectivity index is 1.51. The molecule has 142 valence electrons. The SMILES string of the molecule is Cc1cc2c(cc1F)OCC(C)N2C(=O)N1CCN(c2cccnn2)CC1. The molecule has 2 aliphatic rings. The molecule has 1 unspecified atom stereocenters. The Morgan fingerprint density at radius 1 is 1.26 bits per heavy atom. The molecule has 0 aliphatic carbocycles. The number of aryl methyl sites for hydroxylation is 1. The molecule has 4 rings (SSSR count). The summed E-state index contributed by atoms with van der Waals surface area (Å²) in [7, 11) is 0. The Bertz CT molecular complexity index is 839. The number of hydrogen-bond donors (Lipinski definition) is 0. The van der Waals surface area contributed by atoms with Crippen LogP contribution in [0.3, 0.4) is 0 Å². The van der Waals surface area contributed by atoms with E-state index in [1.165, 1.54) is 6.07 Å². The van der Waals surface area contributed by atoms with E-state index in [9.17, 15) is 9.18 Å². The van der Waals surface area contributed by atoms with Crippen molar-refractivity contribution >= 4 is 17.5 Å². The zero-order valence-corrected chi connectivity index (χ0v) is 15.4. The number of piperazine rings is 1. The third-order valence-electron chi connectivity index (χ3n) is 5.06. The minimum Gasteiger partial charge on any atom is -0.489 e. The number of anilines is 2.